The zero-order valence-corrected chi connectivity index (χ0v) is 9.63. The molecule has 0 heterocycles. The molecule has 0 spiro atoms. The van der Waals surface area contributed by atoms with Crippen molar-refractivity contribution in [2.75, 3.05) is 19.1 Å². The summed E-state index contributed by atoms with van der Waals surface area (Å²) in [6, 6.07) is 0. The van der Waals surface area contributed by atoms with Gasteiger partial charge in [-0.2, -0.15) is 0 Å². The quantitative estimate of drug-likeness (QED) is 0.714. The summed E-state index contributed by atoms with van der Waals surface area (Å²) >= 11 is 3.24. The van der Waals surface area contributed by atoms with Crippen molar-refractivity contribution in [3.63, 3.8) is 0 Å². The van der Waals surface area contributed by atoms with Crippen molar-refractivity contribution < 1.29 is 4.79 Å². The van der Waals surface area contributed by atoms with Gasteiger partial charge >= 0.3 is 0 Å². The highest BCUT2D eigenvalue weighted by atomic mass is 32.2. The van der Waals surface area contributed by atoms with E-state index >= 15 is 0 Å². The van der Waals surface area contributed by atoms with Crippen LogP contribution in [0.5, 0.6) is 0 Å². The van der Waals surface area contributed by atoms with Gasteiger partial charge in [-0.05, 0) is 25.4 Å². The SMILES string of the molecule is CSC(SC)=C(CN)C(=O)C1CC1. The third-order valence-corrected chi connectivity index (χ3v) is 4.30. The predicted octanol–water partition coefficient (Wildman–Crippen LogP) is 1.86. The standard InChI is InChI=1S/C9H15NOS2/c1-12-9(13-2)7(5-10)8(11)6-3-4-6/h6H,3-5,10H2,1-2H3. The van der Waals surface area contributed by atoms with Gasteiger partial charge < -0.3 is 5.73 Å². The Morgan fingerprint density at radius 3 is 2.23 bits per heavy atom. The van der Waals surface area contributed by atoms with Crippen molar-refractivity contribution >= 4 is 29.3 Å². The van der Waals surface area contributed by atoms with Gasteiger partial charge in [-0.25, -0.2) is 0 Å². The minimum absolute atomic E-state index is 0.279. The van der Waals surface area contributed by atoms with Crippen LogP contribution in [-0.2, 0) is 4.79 Å². The molecule has 1 aliphatic carbocycles. The number of hydrogen-bond acceptors (Lipinski definition) is 4. The van der Waals surface area contributed by atoms with Gasteiger partial charge in [0, 0.05) is 22.3 Å². The van der Waals surface area contributed by atoms with E-state index in [1.54, 1.807) is 23.5 Å². The monoisotopic (exact) mass is 217 g/mol. The van der Waals surface area contributed by atoms with Crippen molar-refractivity contribution in [2.45, 2.75) is 12.8 Å². The molecule has 2 N–H and O–H groups in total. The van der Waals surface area contributed by atoms with Gasteiger partial charge in [-0.15, -0.1) is 23.5 Å². The lowest BCUT2D eigenvalue weighted by atomic mass is 10.1. The van der Waals surface area contributed by atoms with Gasteiger partial charge in [0.2, 0.25) is 0 Å². The average Bonchev–Trinajstić information content (AvgIpc) is 2.96. The number of ketones is 1. The summed E-state index contributed by atoms with van der Waals surface area (Å²) in [5, 5.41) is 0. The molecule has 74 valence electrons. The largest absolute Gasteiger partial charge is 0.326 e. The molecular weight excluding hydrogens is 202 g/mol. The van der Waals surface area contributed by atoms with E-state index in [9.17, 15) is 4.79 Å². The molecule has 2 nitrogen and oxygen atoms in total. The average molecular weight is 217 g/mol. The van der Waals surface area contributed by atoms with Crippen LogP contribution in [0.1, 0.15) is 12.8 Å². The van der Waals surface area contributed by atoms with Crippen molar-refractivity contribution in [3.8, 4) is 0 Å². The zero-order valence-electron chi connectivity index (χ0n) is 8.00. The molecule has 0 aromatic heterocycles. The molecule has 1 rings (SSSR count). The first-order chi connectivity index (χ1) is 6.24. The van der Waals surface area contributed by atoms with Crippen LogP contribution < -0.4 is 5.73 Å². The Morgan fingerprint density at radius 1 is 1.38 bits per heavy atom. The van der Waals surface area contributed by atoms with E-state index in [-0.39, 0.29) is 11.7 Å². The molecule has 1 saturated carbocycles. The van der Waals surface area contributed by atoms with Crippen LogP contribution in [-0.4, -0.2) is 24.8 Å². The maximum absolute atomic E-state index is 11.7. The van der Waals surface area contributed by atoms with E-state index in [4.69, 9.17) is 5.73 Å². The Kier molecular flexibility index (Phi) is 4.35. The van der Waals surface area contributed by atoms with Crippen molar-refractivity contribution in [1.82, 2.24) is 0 Å². The molecule has 0 atom stereocenters. The molecular formula is C9H15NOS2. The summed E-state index contributed by atoms with van der Waals surface area (Å²) in [6.45, 7) is 0.381. The normalized spacial score (nSPS) is 15.6. The lowest BCUT2D eigenvalue weighted by Crippen LogP contribution is -2.15. The molecule has 0 saturated heterocycles. The fourth-order valence-electron chi connectivity index (χ4n) is 1.21. The molecule has 0 amide bonds. The summed E-state index contributed by atoms with van der Waals surface area (Å²) in [6.07, 6.45) is 6.08. The summed E-state index contributed by atoms with van der Waals surface area (Å²) in [5.74, 6) is 0.564. The number of hydrogen-bond donors (Lipinski definition) is 1. The molecule has 0 unspecified atom stereocenters. The smallest absolute Gasteiger partial charge is 0.164 e. The Hall–Kier alpha value is 0.0700. The molecule has 0 aromatic rings. The van der Waals surface area contributed by atoms with Crippen molar-refractivity contribution in [3.05, 3.63) is 9.81 Å². The summed E-state index contributed by atoms with van der Waals surface area (Å²) < 4.78 is 1.08. The van der Waals surface area contributed by atoms with Crippen molar-refractivity contribution in [2.24, 2.45) is 11.7 Å². The van der Waals surface area contributed by atoms with Crippen LogP contribution in [0.2, 0.25) is 0 Å². The summed E-state index contributed by atoms with van der Waals surface area (Å²) in [5.41, 5.74) is 6.42. The van der Waals surface area contributed by atoms with E-state index in [1.807, 2.05) is 12.5 Å². The Morgan fingerprint density at radius 2 is 1.92 bits per heavy atom. The minimum atomic E-state index is 0.279. The fraction of sp³-hybridized carbons (Fsp3) is 0.667. The van der Waals surface area contributed by atoms with Gasteiger partial charge in [0.1, 0.15) is 0 Å². The Labute approximate surface area is 87.7 Å². The molecule has 0 aromatic carbocycles. The third kappa shape index (κ3) is 2.76. The van der Waals surface area contributed by atoms with Crippen LogP contribution in [0.3, 0.4) is 0 Å². The van der Waals surface area contributed by atoms with Gasteiger partial charge in [-0.3, -0.25) is 4.79 Å². The van der Waals surface area contributed by atoms with Crippen LogP contribution in [0.4, 0.5) is 0 Å². The minimum Gasteiger partial charge on any atom is -0.326 e. The molecule has 0 bridgehead atoms. The second kappa shape index (κ2) is 5.08. The number of carbonyl (C=O) groups excluding carboxylic acids is 1. The highest BCUT2D eigenvalue weighted by Crippen LogP contribution is 2.36. The Balaban J connectivity index is 2.78. The van der Waals surface area contributed by atoms with E-state index in [0.29, 0.717) is 6.54 Å². The third-order valence-electron chi connectivity index (χ3n) is 2.07. The number of rotatable bonds is 5. The van der Waals surface area contributed by atoms with Gasteiger partial charge in [0.05, 0.1) is 0 Å². The zero-order chi connectivity index (χ0) is 9.84. The van der Waals surface area contributed by atoms with E-state index < -0.39 is 0 Å². The summed E-state index contributed by atoms with van der Waals surface area (Å²) in [4.78, 5) is 11.7. The van der Waals surface area contributed by atoms with E-state index in [0.717, 1.165) is 22.7 Å². The van der Waals surface area contributed by atoms with Crippen molar-refractivity contribution in [1.29, 1.82) is 0 Å². The first kappa shape index (κ1) is 11.1. The van der Waals surface area contributed by atoms with Gasteiger partial charge in [0.15, 0.2) is 5.78 Å². The van der Waals surface area contributed by atoms with Crippen LogP contribution in [0.25, 0.3) is 0 Å². The highest BCUT2D eigenvalue weighted by molar-refractivity contribution is 8.21. The maximum Gasteiger partial charge on any atom is 0.164 e. The van der Waals surface area contributed by atoms with Crippen LogP contribution >= 0.6 is 23.5 Å². The molecule has 1 fully saturated rings. The molecule has 0 aliphatic heterocycles. The predicted molar refractivity (Wildman–Crippen MR) is 60.8 cm³/mol. The van der Waals surface area contributed by atoms with Gasteiger partial charge in [-0.1, -0.05) is 0 Å². The highest BCUT2D eigenvalue weighted by Gasteiger charge is 2.32. The second-order valence-electron chi connectivity index (χ2n) is 3.02. The lowest BCUT2D eigenvalue weighted by Gasteiger charge is -2.07. The number of nitrogens with two attached hydrogens (primary N) is 1. The molecule has 4 heteroatoms. The number of carbonyl (C=O) groups is 1. The Bertz CT molecular complexity index is 228. The van der Waals surface area contributed by atoms with Gasteiger partial charge in [0.25, 0.3) is 0 Å². The van der Waals surface area contributed by atoms with E-state index in [2.05, 4.69) is 0 Å². The lowest BCUT2D eigenvalue weighted by molar-refractivity contribution is -0.116. The summed E-state index contributed by atoms with van der Waals surface area (Å²) in [7, 11) is 0. The number of thioether (sulfide) groups is 2. The van der Waals surface area contributed by atoms with Crippen LogP contribution in [0.15, 0.2) is 9.81 Å². The first-order valence-corrected chi connectivity index (χ1v) is 6.75. The molecule has 1 aliphatic rings. The molecule has 13 heavy (non-hydrogen) atoms. The van der Waals surface area contributed by atoms with Crippen LogP contribution in [0, 0.1) is 5.92 Å². The topological polar surface area (TPSA) is 43.1 Å². The number of Topliss-reactive ketones (excluding diaryl/α,β-unsaturated/α-hetero) is 1. The second-order valence-corrected chi connectivity index (χ2v) is 4.91. The molecule has 0 radical (unpaired) electrons. The van der Waals surface area contributed by atoms with E-state index in [1.165, 1.54) is 0 Å². The maximum atomic E-state index is 11.7. The fourth-order valence-corrected chi connectivity index (χ4v) is 2.73. The first-order valence-electron chi connectivity index (χ1n) is 4.30.